The lowest BCUT2D eigenvalue weighted by atomic mass is 10.3. The molecule has 1 aromatic rings. The summed E-state index contributed by atoms with van der Waals surface area (Å²) in [4.78, 5) is 22.2. The minimum absolute atomic E-state index is 0.795. The van der Waals surface area contributed by atoms with Gasteiger partial charge in [0.1, 0.15) is 0 Å². The molecule has 0 bridgehead atoms. The highest BCUT2D eigenvalue weighted by Gasteiger charge is 2.19. The van der Waals surface area contributed by atoms with Crippen LogP contribution in [0.3, 0.4) is 0 Å². The number of nitrogens with zero attached hydrogens (tertiary/aromatic N) is 1. The van der Waals surface area contributed by atoms with Crippen LogP contribution in [0.5, 0.6) is 0 Å². The maximum absolute atomic E-state index is 9.10. The molecule has 92 valence electrons. The molecule has 3 N–H and O–H groups in total. The summed E-state index contributed by atoms with van der Waals surface area (Å²) in [6, 6.07) is 4.90. The number of carboxylic acid groups (broad SMARTS) is 2. The summed E-state index contributed by atoms with van der Waals surface area (Å²) in [7, 11) is 0. The van der Waals surface area contributed by atoms with Crippen molar-refractivity contribution in [3.05, 3.63) is 30.1 Å². The standard InChI is InChI=1S/C9H12N2.C2H2O4/c1-2-9(1)11-7-8-3-5-10-6-4-8;3-1(4)2(5)6/h3-6,9,11H,1-2,7H2;(H,3,4)(H,5,6). The molecular formula is C11H14N2O4. The zero-order chi connectivity index (χ0) is 12.7. The molecule has 17 heavy (non-hydrogen) atoms. The van der Waals surface area contributed by atoms with Crippen molar-refractivity contribution in [2.24, 2.45) is 0 Å². The second-order valence-electron chi connectivity index (χ2n) is 3.62. The predicted octanol–water partition coefficient (Wildman–Crippen LogP) is 0.489. The van der Waals surface area contributed by atoms with Gasteiger partial charge in [0.25, 0.3) is 0 Å². The van der Waals surface area contributed by atoms with E-state index in [1.807, 2.05) is 12.4 Å². The van der Waals surface area contributed by atoms with Crippen molar-refractivity contribution in [3.8, 4) is 0 Å². The molecule has 1 aliphatic carbocycles. The van der Waals surface area contributed by atoms with Crippen molar-refractivity contribution in [2.75, 3.05) is 0 Å². The number of carboxylic acids is 2. The zero-order valence-corrected chi connectivity index (χ0v) is 9.17. The second-order valence-corrected chi connectivity index (χ2v) is 3.62. The number of pyridine rings is 1. The van der Waals surface area contributed by atoms with E-state index in [4.69, 9.17) is 19.8 Å². The fourth-order valence-electron chi connectivity index (χ4n) is 1.05. The van der Waals surface area contributed by atoms with E-state index in [9.17, 15) is 0 Å². The van der Waals surface area contributed by atoms with Gasteiger partial charge in [0, 0.05) is 25.0 Å². The van der Waals surface area contributed by atoms with Crippen LogP contribution >= 0.6 is 0 Å². The molecule has 0 spiro atoms. The van der Waals surface area contributed by atoms with Crippen LogP contribution in [0.15, 0.2) is 24.5 Å². The third-order valence-corrected chi connectivity index (χ3v) is 2.10. The van der Waals surface area contributed by atoms with Gasteiger partial charge in [-0.2, -0.15) is 0 Å². The Labute approximate surface area is 98.3 Å². The lowest BCUT2D eigenvalue weighted by Crippen LogP contribution is -2.14. The molecule has 1 aliphatic rings. The minimum atomic E-state index is -1.82. The number of hydrogen-bond acceptors (Lipinski definition) is 4. The molecule has 1 saturated carbocycles. The van der Waals surface area contributed by atoms with Gasteiger partial charge in [-0.15, -0.1) is 0 Å². The highest BCUT2D eigenvalue weighted by molar-refractivity contribution is 6.27. The van der Waals surface area contributed by atoms with Gasteiger partial charge in [-0.3, -0.25) is 4.98 Å². The SMILES string of the molecule is O=C(O)C(=O)O.c1cc(CNC2CC2)ccn1. The van der Waals surface area contributed by atoms with Crippen LogP contribution in [-0.4, -0.2) is 33.2 Å². The average Bonchev–Trinajstić information content (AvgIpc) is 3.12. The van der Waals surface area contributed by atoms with E-state index in [0.29, 0.717) is 0 Å². The van der Waals surface area contributed by atoms with Gasteiger partial charge in [-0.1, -0.05) is 0 Å². The zero-order valence-electron chi connectivity index (χ0n) is 9.17. The van der Waals surface area contributed by atoms with Crippen LogP contribution in [0.1, 0.15) is 18.4 Å². The first-order valence-corrected chi connectivity index (χ1v) is 5.18. The van der Waals surface area contributed by atoms with Gasteiger partial charge >= 0.3 is 11.9 Å². The van der Waals surface area contributed by atoms with Gasteiger partial charge in [-0.25, -0.2) is 9.59 Å². The van der Waals surface area contributed by atoms with Gasteiger partial charge in [0.15, 0.2) is 0 Å². The number of hydrogen-bond donors (Lipinski definition) is 3. The Morgan fingerprint density at radius 2 is 1.76 bits per heavy atom. The highest BCUT2D eigenvalue weighted by Crippen LogP contribution is 2.18. The Morgan fingerprint density at radius 1 is 1.24 bits per heavy atom. The first-order valence-electron chi connectivity index (χ1n) is 5.18. The van der Waals surface area contributed by atoms with E-state index in [1.165, 1.54) is 18.4 Å². The van der Waals surface area contributed by atoms with Crippen LogP contribution in [0, 0.1) is 0 Å². The topological polar surface area (TPSA) is 99.5 Å². The third-order valence-electron chi connectivity index (χ3n) is 2.10. The van der Waals surface area contributed by atoms with Crippen LogP contribution in [0.2, 0.25) is 0 Å². The molecule has 6 nitrogen and oxygen atoms in total. The minimum Gasteiger partial charge on any atom is -0.473 e. The fourth-order valence-corrected chi connectivity index (χ4v) is 1.05. The first kappa shape index (κ1) is 13.1. The molecular weight excluding hydrogens is 224 g/mol. The maximum atomic E-state index is 9.10. The molecule has 6 heteroatoms. The van der Waals surface area contributed by atoms with Crippen molar-refractivity contribution >= 4 is 11.9 Å². The summed E-state index contributed by atoms with van der Waals surface area (Å²) in [6.07, 6.45) is 6.38. The summed E-state index contributed by atoms with van der Waals surface area (Å²) in [5.74, 6) is -3.65. The molecule has 0 aromatic carbocycles. The van der Waals surface area contributed by atoms with Crippen LogP contribution in [0.4, 0.5) is 0 Å². The predicted molar refractivity (Wildman–Crippen MR) is 59.4 cm³/mol. The van der Waals surface area contributed by atoms with Gasteiger partial charge in [0.2, 0.25) is 0 Å². The number of rotatable bonds is 3. The van der Waals surface area contributed by atoms with Gasteiger partial charge in [0.05, 0.1) is 0 Å². The average molecular weight is 238 g/mol. The summed E-state index contributed by atoms with van der Waals surface area (Å²) >= 11 is 0. The summed E-state index contributed by atoms with van der Waals surface area (Å²) in [6.45, 7) is 0.993. The van der Waals surface area contributed by atoms with E-state index in [-0.39, 0.29) is 0 Å². The Morgan fingerprint density at radius 3 is 2.18 bits per heavy atom. The molecule has 0 aliphatic heterocycles. The molecule has 0 unspecified atom stereocenters. The van der Waals surface area contributed by atoms with E-state index in [1.54, 1.807) is 0 Å². The lowest BCUT2D eigenvalue weighted by Gasteiger charge is -2.00. The van der Waals surface area contributed by atoms with Crippen molar-refractivity contribution in [3.63, 3.8) is 0 Å². The Hall–Kier alpha value is -1.95. The largest absolute Gasteiger partial charge is 0.473 e. The quantitative estimate of drug-likeness (QED) is 0.663. The number of aromatic nitrogens is 1. The molecule has 0 saturated heterocycles. The number of aliphatic carboxylic acids is 2. The fraction of sp³-hybridized carbons (Fsp3) is 0.364. The van der Waals surface area contributed by atoms with Crippen molar-refractivity contribution in [1.29, 1.82) is 0 Å². The van der Waals surface area contributed by atoms with Crippen molar-refractivity contribution < 1.29 is 19.8 Å². The van der Waals surface area contributed by atoms with E-state index >= 15 is 0 Å². The Balaban J connectivity index is 0.000000209. The third kappa shape index (κ3) is 6.26. The number of nitrogens with one attached hydrogen (secondary N) is 1. The van der Waals surface area contributed by atoms with E-state index in [2.05, 4.69) is 22.4 Å². The summed E-state index contributed by atoms with van der Waals surface area (Å²) < 4.78 is 0. The molecule has 1 heterocycles. The first-order chi connectivity index (χ1) is 8.09. The Bertz CT molecular complexity index is 364. The van der Waals surface area contributed by atoms with Crippen LogP contribution in [-0.2, 0) is 16.1 Å². The lowest BCUT2D eigenvalue weighted by molar-refractivity contribution is -0.159. The molecule has 0 radical (unpaired) electrons. The van der Waals surface area contributed by atoms with E-state index in [0.717, 1.165) is 12.6 Å². The summed E-state index contributed by atoms with van der Waals surface area (Å²) in [5, 5.41) is 18.2. The van der Waals surface area contributed by atoms with E-state index < -0.39 is 11.9 Å². The molecule has 2 rings (SSSR count). The van der Waals surface area contributed by atoms with Crippen molar-refractivity contribution in [2.45, 2.75) is 25.4 Å². The highest BCUT2D eigenvalue weighted by atomic mass is 16.4. The van der Waals surface area contributed by atoms with Crippen LogP contribution < -0.4 is 5.32 Å². The number of carbonyl (C=O) groups is 2. The normalized spacial score (nSPS) is 13.4. The van der Waals surface area contributed by atoms with Crippen LogP contribution in [0.25, 0.3) is 0 Å². The smallest absolute Gasteiger partial charge is 0.414 e. The van der Waals surface area contributed by atoms with Gasteiger partial charge in [-0.05, 0) is 30.5 Å². The molecule has 1 fully saturated rings. The molecule has 0 amide bonds. The second kappa shape index (κ2) is 6.59. The van der Waals surface area contributed by atoms with Gasteiger partial charge < -0.3 is 15.5 Å². The molecule has 0 atom stereocenters. The van der Waals surface area contributed by atoms with Crippen molar-refractivity contribution in [1.82, 2.24) is 10.3 Å². The Kier molecular flexibility index (Phi) is 5.09. The maximum Gasteiger partial charge on any atom is 0.414 e. The molecule has 1 aromatic heterocycles. The summed E-state index contributed by atoms with van der Waals surface area (Å²) in [5.41, 5.74) is 1.33. The monoisotopic (exact) mass is 238 g/mol.